The zero-order valence-corrected chi connectivity index (χ0v) is 15.1. The lowest BCUT2D eigenvalue weighted by atomic mass is 10.3. The lowest BCUT2D eigenvalue weighted by Crippen LogP contribution is -2.15. The number of ether oxygens (including phenoxy) is 3. The zero-order valence-electron chi connectivity index (χ0n) is 15.1. The van der Waals surface area contributed by atoms with E-state index < -0.39 is 12.1 Å². The minimum Gasteiger partial charge on any atom is -0.466 e. The van der Waals surface area contributed by atoms with Crippen molar-refractivity contribution in [1.29, 1.82) is 0 Å². The first-order valence-electron chi connectivity index (χ1n) is 7.07. The Balaban J connectivity index is -0.000000283. The van der Waals surface area contributed by atoms with E-state index in [1.165, 1.54) is 7.11 Å². The summed E-state index contributed by atoms with van der Waals surface area (Å²) in [5.41, 5.74) is 0.781. The SMILES string of the molecule is C=C(C)C(=O)OC.C=C(C)C(=O)OCC(C)O.C=CC(=O)OCC. The molecule has 0 aromatic rings. The molecule has 0 spiro atoms. The summed E-state index contributed by atoms with van der Waals surface area (Å²) in [5.74, 6) is -1.16. The summed E-state index contributed by atoms with van der Waals surface area (Å²) in [6, 6.07) is 0. The molecule has 0 heterocycles. The lowest BCUT2D eigenvalue weighted by molar-refractivity contribution is -0.141. The molecular formula is C17H28O7. The predicted molar refractivity (Wildman–Crippen MR) is 91.1 cm³/mol. The third kappa shape index (κ3) is 21.9. The van der Waals surface area contributed by atoms with Gasteiger partial charge < -0.3 is 19.3 Å². The molecule has 24 heavy (non-hydrogen) atoms. The van der Waals surface area contributed by atoms with Gasteiger partial charge in [0, 0.05) is 17.2 Å². The van der Waals surface area contributed by atoms with Crippen molar-refractivity contribution in [1.82, 2.24) is 0 Å². The van der Waals surface area contributed by atoms with E-state index in [2.05, 4.69) is 33.9 Å². The molecule has 7 heteroatoms. The van der Waals surface area contributed by atoms with Gasteiger partial charge in [-0.05, 0) is 27.7 Å². The molecule has 0 fully saturated rings. The Morgan fingerprint density at radius 2 is 1.54 bits per heavy atom. The van der Waals surface area contributed by atoms with Gasteiger partial charge in [-0.2, -0.15) is 0 Å². The smallest absolute Gasteiger partial charge is 0.333 e. The van der Waals surface area contributed by atoms with Crippen LogP contribution in [-0.4, -0.2) is 49.4 Å². The van der Waals surface area contributed by atoms with E-state index >= 15 is 0 Å². The zero-order chi connectivity index (χ0) is 19.7. The van der Waals surface area contributed by atoms with Crippen molar-refractivity contribution in [2.75, 3.05) is 20.3 Å². The van der Waals surface area contributed by atoms with Gasteiger partial charge in [-0.15, -0.1) is 0 Å². The summed E-state index contributed by atoms with van der Waals surface area (Å²) in [6.45, 7) is 16.8. The standard InChI is InChI=1S/C7H12O3.2C5H8O2/c1-5(2)7(9)10-4-6(3)8;1-4(2)5(6)7-3;1-3-5(6)7-4-2/h6,8H,1,4H2,2-3H3;1H2,2-3H3;3H,1,4H2,2H3. The number of carbonyl (C=O) groups is 3. The summed E-state index contributed by atoms with van der Waals surface area (Å²) < 4.78 is 13.3. The van der Waals surface area contributed by atoms with Crippen LogP contribution in [0, 0.1) is 0 Å². The van der Waals surface area contributed by atoms with E-state index in [0.29, 0.717) is 17.8 Å². The molecule has 0 rings (SSSR count). The molecule has 0 bridgehead atoms. The van der Waals surface area contributed by atoms with E-state index in [4.69, 9.17) is 5.11 Å². The van der Waals surface area contributed by atoms with Crippen molar-refractivity contribution in [2.45, 2.75) is 33.8 Å². The Hall–Kier alpha value is -2.41. The Kier molecular flexibility index (Phi) is 18.7. The highest BCUT2D eigenvalue weighted by Gasteiger charge is 2.03. The summed E-state index contributed by atoms with van der Waals surface area (Å²) >= 11 is 0. The monoisotopic (exact) mass is 344 g/mol. The molecule has 1 unspecified atom stereocenters. The van der Waals surface area contributed by atoms with Crippen molar-refractivity contribution in [2.24, 2.45) is 0 Å². The van der Waals surface area contributed by atoms with Crippen LogP contribution < -0.4 is 0 Å². The molecule has 0 radical (unpaired) electrons. The van der Waals surface area contributed by atoms with Crippen LogP contribution in [-0.2, 0) is 28.6 Å². The number of aliphatic hydroxyl groups is 1. The minimum atomic E-state index is -0.608. The number of rotatable bonds is 6. The Bertz CT molecular complexity index is 434. The lowest BCUT2D eigenvalue weighted by Gasteiger charge is -2.04. The fraction of sp³-hybridized carbons (Fsp3) is 0.471. The number of esters is 3. The highest BCUT2D eigenvalue weighted by molar-refractivity contribution is 5.87. The van der Waals surface area contributed by atoms with Gasteiger partial charge >= 0.3 is 17.9 Å². The van der Waals surface area contributed by atoms with Gasteiger partial charge in [-0.3, -0.25) is 0 Å². The normalized spacial score (nSPS) is 9.58. The second-order valence-corrected chi connectivity index (χ2v) is 4.46. The van der Waals surface area contributed by atoms with E-state index in [9.17, 15) is 14.4 Å². The Morgan fingerprint density at radius 1 is 1.08 bits per heavy atom. The van der Waals surface area contributed by atoms with Crippen LogP contribution in [0.4, 0.5) is 0 Å². The van der Waals surface area contributed by atoms with Crippen LogP contribution in [0.25, 0.3) is 0 Å². The number of carbonyl (C=O) groups excluding carboxylic acids is 3. The van der Waals surface area contributed by atoms with Crippen LogP contribution in [0.5, 0.6) is 0 Å². The van der Waals surface area contributed by atoms with Crippen molar-refractivity contribution in [3.63, 3.8) is 0 Å². The maximum Gasteiger partial charge on any atom is 0.333 e. The number of hydrogen-bond acceptors (Lipinski definition) is 7. The first-order valence-corrected chi connectivity index (χ1v) is 7.07. The Morgan fingerprint density at radius 3 is 1.71 bits per heavy atom. The molecule has 0 saturated carbocycles. The van der Waals surface area contributed by atoms with E-state index in [-0.39, 0.29) is 18.5 Å². The van der Waals surface area contributed by atoms with E-state index in [1.54, 1.807) is 27.7 Å². The van der Waals surface area contributed by atoms with Crippen LogP contribution >= 0.6 is 0 Å². The fourth-order valence-corrected chi connectivity index (χ4v) is 0.695. The van der Waals surface area contributed by atoms with Crippen molar-refractivity contribution >= 4 is 17.9 Å². The number of methoxy groups -OCH3 is 1. The fourth-order valence-electron chi connectivity index (χ4n) is 0.695. The van der Waals surface area contributed by atoms with Gasteiger partial charge in [0.15, 0.2) is 0 Å². The van der Waals surface area contributed by atoms with Gasteiger partial charge in [0.1, 0.15) is 6.61 Å². The predicted octanol–water partition coefficient (Wildman–Crippen LogP) is 1.96. The molecule has 7 nitrogen and oxygen atoms in total. The van der Waals surface area contributed by atoms with Gasteiger partial charge in [-0.1, -0.05) is 19.7 Å². The van der Waals surface area contributed by atoms with Gasteiger partial charge in [0.05, 0.1) is 19.8 Å². The van der Waals surface area contributed by atoms with Crippen molar-refractivity contribution < 1.29 is 33.7 Å². The second kappa shape index (κ2) is 17.0. The molecular weight excluding hydrogens is 316 g/mol. The first kappa shape index (κ1) is 26.5. The molecule has 1 atom stereocenters. The summed E-state index contributed by atoms with van der Waals surface area (Å²) in [6.07, 6.45) is 0.534. The van der Waals surface area contributed by atoms with Crippen LogP contribution in [0.1, 0.15) is 27.7 Å². The number of aliphatic hydroxyl groups excluding tert-OH is 1. The maximum absolute atomic E-state index is 10.6. The molecule has 138 valence electrons. The number of hydrogen-bond donors (Lipinski definition) is 1. The topological polar surface area (TPSA) is 99.1 Å². The minimum absolute atomic E-state index is 0.0334. The molecule has 0 aliphatic rings. The molecule has 1 N–H and O–H groups in total. The average molecular weight is 344 g/mol. The highest BCUT2D eigenvalue weighted by atomic mass is 16.5. The van der Waals surface area contributed by atoms with Crippen LogP contribution in [0.15, 0.2) is 37.0 Å². The molecule has 0 aromatic heterocycles. The average Bonchev–Trinajstić information content (AvgIpc) is 2.52. The highest BCUT2D eigenvalue weighted by Crippen LogP contribution is 1.92. The quantitative estimate of drug-likeness (QED) is 0.446. The summed E-state index contributed by atoms with van der Waals surface area (Å²) in [4.78, 5) is 30.9. The van der Waals surface area contributed by atoms with Crippen molar-refractivity contribution in [3.8, 4) is 0 Å². The summed E-state index contributed by atoms with van der Waals surface area (Å²) in [7, 11) is 1.33. The van der Waals surface area contributed by atoms with Gasteiger partial charge in [-0.25, -0.2) is 14.4 Å². The van der Waals surface area contributed by atoms with Crippen LogP contribution in [0.2, 0.25) is 0 Å². The largest absolute Gasteiger partial charge is 0.466 e. The molecule has 0 saturated heterocycles. The van der Waals surface area contributed by atoms with Crippen molar-refractivity contribution in [3.05, 3.63) is 37.0 Å². The van der Waals surface area contributed by atoms with Crippen LogP contribution in [0.3, 0.4) is 0 Å². The Labute approximate surface area is 143 Å². The maximum atomic E-state index is 10.6. The second-order valence-electron chi connectivity index (χ2n) is 4.46. The molecule has 0 aliphatic carbocycles. The molecule has 0 aliphatic heterocycles. The molecule has 0 amide bonds. The van der Waals surface area contributed by atoms with E-state index in [0.717, 1.165) is 6.08 Å². The third-order valence-electron chi connectivity index (χ3n) is 1.79. The third-order valence-corrected chi connectivity index (χ3v) is 1.79. The first-order chi connectivity index (χ1) is 11.0. The summed E-state index contributed by atoms with van der Waals surface area (Å²) in [5, 5.41) is 8.68. The van der Waals surface area contributed by atoms with Gasteiger partial charge in [0.25, 0.3) is 0 Å². The molecule has 0 aromatic carbocycles. The van der Waals surface area contributed by atoms with E-state index in [1.807, 2.05) is 0 Å². The van der Waals surface area contributed by atoms with Gasteiger partial charge in [0.2, 0.25) is 0 Å².